The quantitative estimate of drug-likeness (QED) is 0.614. The summed E-state index contributed by atoms with van der Waals surface area (Å²) in [7, 11) is 0. The van der Waals surface area contributed by atoms with E-state index in [1.165, 1.54) is 6.92 Å². The number of carbonyl (C=O) groups is 2. The number of ketones is 1. The molecule has 1 rings (SSSR count). The van der Waals surface area contributed by atoms with Crippen molar-refractivity contribution >= 4 is 11.8 Å². The first-order valence-electron chi connectivity index (χ1n) is 7.01. The smallest absolute Gasteiger partial charge is 0.344 e. The molecule has 0 radical (unpaired) electrons. The molecule has 0 saturated carbocycles. The highest BCUT2D eigenvalue weighted by Crippen LogP contribution is 2.27. The van der Waals surface area contributed by atoms with Crippen molar-refractivity contribution in [1.82, 2.24) is 0 Å². The Morgan fingerprint density at radius 1 is 1.29 bits per heavy atom. The zero-order valence-electron chi connectivity index (χ0n) is 13.0. The van der Waals surface area contributed by atoms with Crippen LogP contribution in [0.1, 0.15) is 48.2 Å². The minimum Gasteiger partial charge on any atom is -0.479 e. The molecule has 4 nitrogen and oxygen atoms in total. The van der Waals surface area contributed by atoms with E-state index in [1.807, 2.05) is 20.8 Å². The topological polar surface area (TPSA) is 63.6 Å². The second-order valence-corrected chi connectivity index (χ2v) is 5.14. The molecule has 0 aliphatic carbocycles. The first-order chi connectivity index (χ1) is 9.79. The monoisotopic (exact) mass is 290 g/mol. The summed E-state index contributed by atoms with van der Waals surface area (Å²) in [4.78, 5) is 23.2. The van der Waals surface area contributed by atoms with Gasteiger partial charge < -0.3 is 9.84 Å². The van der Waals surface area contributed by atoms with Crippen molar-refractivity contribution in [2.24, 2.45) is 0 Å². The van der Waals surface area contributed by atoms with Gasteiger partial charge in [-0.2, -0.15) is 0 Å². The van der Waals surface area contributed by atoms with Crippen LogP contribution in [-0.2, 0) is 4.79 Å². The predicted molar refractivity (Wildman–Crippen MR) is 82.0 cm³/mol. The van der Waals surface area contributed by atoms with Crippen molar-refractivity contribution in [3.63, 3.8) is 0 Å². The number of hydrogen-bond donors (Lipinski definition) is 1. The average molecular weight is 290 g/mol. The molecular weight excluding hydrogens is 268 g/mol. The summed E-state index contributed by atoms with van der Waals surface area (Å²) in [5.74, 6) is -0.598. The minimum atomic E-state index is -1.02. The molecule has 114 valence electrons. The maximum Gasteiger partial charge on any atom is 0.344 e. The highest BCUT2D eigenvalue weighted by molar-refractivity contribution is 6.09. The molecule has 0 aromatic heterocycles. The lowest BCUT2D eigenvalue weighted by molar-refractivity contribution is -0.144. The molecule has 1 N–H and O–H groups in total. The number of carbonyl (C=O) groups excluding carboxylic acids is 1. The second kappa shape index (κ2) is 7.07. The molecule has 0 spiro atoms. The van der Waals surface area contributed by atoms with Gasteiger partial charge in [-0.05, 0) is 56.0 Å². The van der Waals surface area contributed by atoms with Crippen LogP contribution in [0, 0.1) is 13.8 Å². The Hall–Kier alpha value is -2.10. The van der Waals surface area contributed by atoms with E-state index in [2.05, 4.69) is 6.58 Å². The summed E-state index contributed by atoms with van der Waals surface area (Å²) in [5.41, 5.74) is 2.76. The summed E-state index contributed by atoms with van der Waals surface area (Å²) >= 11 is 0. The molecule has 21 heavy (non-hydrogen) atoms. The minimum absolute atomic E-state index is 0.0599. The van der Waals surface area contributed by atoms with Crippen LogP contribution in [0.4, 0.5) is 0 Å². The van der Waals surface area contributed by atoms with Gasteiger partial charge in [0.1, 0.15) is 5.75 Å². The number of benzene rings is 1. The van der Waals surface area contributed by atoms with Crippen LogP contribution in [0.3, 0.4) is 0 Å². The Morgan fingerprint density at radius 2 is 1.90 bits per heavy atom. The van der Waals surface area contributed by atoms with Crippen molar-refractivity contribution in [3.05, 3.63) is 41.0 Å². The molecule has 0 aliphatic heterocycles. The summed E-state index contributed by atoms with van der Waals surface area (Å²) in [6.07, 6.45) is 0.616. The van der Waals surface area contributed by atoms with Gasteiger partial charge in [0, 0.05) is 5.56 Å². The van der Waals surface area contributed by atoms with Gasteiger partial charge in [-0.25, -0.2) is 4.79 Å². The lowest BCUT2D eigenvalue weighted by atomic mass is 9.94. The summed E-state index contributed by atoms with van der Waals surface area (Å²) < 4.78 is 5.40. The zero-order valence-corrected chi connectivity index (χ0v) is 13.0. The maximum atomic E-state index is 12.3. The van der Waals surface area contributed by atoms with Gasteiger partial charge in [0.15, 0.2) is 11.9 Å². The number of Topliss-reactive ketones (excluding diaryl/α,β-unsaturated/α-hetero) is 1. The number of ether oxygens (including phenoxy) is 1. The fourth-order valence-corrected chi connectivity index (χ4v) is 2.02. The molecule has 0 heterocycles. The predicted octanol–water partition coefficient (Wildman–Crippen LogP) is 3.69. The van der Waals surface area contributed by atoms with Gasteiger partial charge in [0.05, 0.1) is 0 Å². The van der Waals surface area contributed by atoms with Crippen LogP contribution in [0.2, 0.25) is 0 Å². The third kappa shape index (κ3) is 3.94. The standard InChI is InChI=1S/C17H22O4/c1-6-7-10(2)16(18)14-8-9-15(12(4)11(14)3)21-13(5)17(19)20/h8-9,13H,2,6-7H2,1,3-5H3,(H,19,20). The van der Waals surface area contributed by atoms with Gasteiger partial charge in [0.2, 0.25) is 0 Å². The number of carboxylic acids is 1. The van der Waals surface area contributed by atoms with E-state index in [9.17, 15) is 9.59 Å². The highest BCUT2D eigenvalue weighted by atomic mass is 16.5. The number of allylic oxidation sites excluding steroid dienone is 1. The van der Waals surface area contributed by atoms with Crippen LogP contribution in [0.15, 0.2) is 24.3 Å². The van der Waals surface area contributed by atoms with E-state index in [1.54, 1.807) is 12.1 Å². The molecular formula is C17H22O4. The third-order valence-electron chi connectivity index (χ3n) is 3.51. The van der Waals surface area contributed by atoms with E-state index in [0.29, 0.717) is 23.3 Å². The molecule has 0 fully saturated rings. The Bertz CT molecular complexity index is 572. The van der Waals surface area contributed by atoms with Crippen LogP contribution in [0.5, 0.6) is 5.75 Å². The lowest BCUT2D eigenvalue weighted by Gasteiger charge is -2.16. The van der Waals surface area contributed by atoms with Crippen molar-refractivity contribution < 1.29 is 19.4 Å². The Morgan fingerprint density at radius 3 is 2.43 bits per heavy atom. The van der Waals surface area contributed by atoms with Crippen LogP contribution < -0.4 is 4.74 Å². The van der Waals surface area contributed by atoms with Crippen molar-refractivity contribution in [3.8, 4) is 5.75 Å². The van der Waals surface area contributed by atoms with Crippen molar-refractivity contribution in [1.29, 1.82) is 0 Å². The molecule has 1 aromatic rings. The van der Waals surface area contributed by atoms with E-state index < -0.39 is 12.1 Å². The van der Waals surface area contributed by atoms with Gasteiger partial charge >= 0.3 is 5.97 Å². The second-order valence-electron chi connectivity index (χ2n) is 5.14. The van der Waals surface area contributed by atoms with Crippen LogP contribution in [0.25, 0.3) is 0 Å². The normalized spacial score (nSPS) is 11.8. The lowest BCUT2D eigenvalue weighted by Crippen LogP contribution is -2.23. The fourth-order valence-electron chi connectivity index (χ4n) is 2.02. The molecule has 1 aromatic carbocycles. The van der Waals surface area contributed by atoms with Crippen molar-refractivity contribution in [2.75, 3.05) is 0 Å². The summed E-state index contributed by atoms with van der Waals surface area (Å²) in [6.45, 7) is 11.0. The van der Waals surface area contributed by atoms with Crippen molar-refractivity contribution in [2.45, 2.75) is 46.6 Å². The summed E-state index contributed by atoms with van der Waals surface area (Å²) in [5, 5.41) is 8.89. The van der Waals surface area contributed by atoms with E-state index in [4.69, 9.17) is 9.84 Å². The molecule has 0 bridgehead atoms. The van der Waals surface area contributed by atoms with Gasteiger partial charge in [-0.3, -0.25) is 4.79 Å². The van der Waals surface area contributed by atoms with E-state index in [0.717, 1.165) is 17.5 Å². The largest absolute Gasteiger partial charge is 0.479 e. The first-order valence-corrected chi connectivity index (χ1v) is 7.01. The first kappa shape index (κ1) is 17.0. The molecule has 0 saturated heterocycles. The number of hydrogen-bond acceptors (Lipinski definition) is 3. The van der Waals surface area contributed by atoms with E-state index in [-0.39, 0.29) is 5.78 Å². The Kier molecular flexibility index (Phi) is 5.70. The fraction of sp³-hybridized carbons (Fsp3) is 0.412. The van der Waals surface area contributed by atoms with Crippen LogP contribution in [-0.4, -0.2) is 23.0 Å². The summed E-state index contributed by atoms with van der Waals surface area (Å²) in [6, 6.07) is 3.32. The number of aliphatic carboxylic acids is 1. The number of rotatable bonds is 7. The SMILES string of the molecule is C=C(CCC)C(=O)c1ccc(OC(C)C(=O)O)c(C)c1C. The zero-order chi connectivity index (χ0) is 16.2. The highest BCUT2D eigenvalue weighted by Gasteiger charge is 2.18. The maximum absolute atomic E-state index is 12.3. The third-order valence-corrected chi connectivity index (χ3v) is 3.51. The van der Waals surface area contributed by atoms with E-state index >= 15 is 0 Å². The number of carboxylic acid groups (broad SMARTS) is 1. The van der Waals surface area contributed by atoms with Gasteiger partial charge in [-0.1, -0.05) is 19.9 Å². The molecule has 1 unspecified atom stereocenters. The molecule has 0 aliphatic rings. The average Bonchev–Trinajstić information content (AvgIpc) is 2.43. The van der Waals surface area contributed by atoms with Gasteiger partial charge in [-0.15, -0.1) is 0 Å². The van der Waals surface area contributed by atoms with Gasteiger partial charge in [0.25, 0.3) is 0 Å². The molecule has 4 heteroatoms. The molecule has 1 atom stereocenters. The van der Waals surface area contributed by atoms with Crippen LogP contribution >= 0.6 is 0 Å². The Labute approximate surface area is 125 Å². The molecule has 0 amide bonds. The Balaban J connectivity index is 3.08.